The SMILES string of the molecule is COc1ccc(F)cc1-c1csc(NC(=O)Cc2ccccc2)n1. The van der Waals surface area contributed by atoms with Gasteiger partial charge in [-0.15, -0.1) is 11.3 Å². The van der Waals surface area contributed by atoms with Gasteiger partial charge in [-0.2, -0.15) is 0 Å². The predicted molar refractivity (Wildman–Crippen MR) is 92.8 cm³/mol. The monoisotopic (exact) mass is 342 g/mol. The van der Waals surface area contributed by atoms with Crippen molar-refractivity contribution in [2.45, 2.75) is 6.42 Å². The van der Waals surface area contributed by atoms with Gasteiger partial charge in [0, 0.05) is 10.9 Å². The van der Waals surface area contributed by atoms with Crippen LogP contribution in [0.25, 0.3) is 11.3 Å². The molecule has 1 N–H and O–H groups in total. The first-order chi connectivity index (χ1) is 11.7. The molecular formula is C18H15FN2O2S. The molecule has 2 aromatic carbocycles. The number of nitrogens with zero attached hydrogens (tertiary/aromatic N) is 1. The van der Waals surface area contributed by atoms with Crippen molar-refractivity contribution in [3.05, 3.63) is 65.3 Å². The third kappa shape index (κ3) is 3.78. The molecule has 0 saturated heterocycles. The number of hydrogen-bond acceptors (Lipinski definition) is 4. The Balaban J connectivity index is 1.74. The van der Waals surface area contributed by atoms with E-state index in [0.29, 0.717) is 22.1 Å². The van der Waals surface area contributed by atoms with Gasteiger partial charge in [-0.05, 0) is 23.8 Å². The summed E-state index contributed by atoms with van der Waals surface area (Å²) in [4.78, 5) is 16.4. The number of amides is 1. The third-order valence-electron chi connectivity index (χ3n) is 3.40. The molecule has 0 aliphatic carbocycles. The molecule has 122 valence electrons. The number of benzene rings is 2. The van der Waals surface area contributed by atoms with Crippen LogP contribution in [0.15, 0.2) is 53.9 Å². The minimum absolute atomic E-state index is 0.145. The number of anilines is 1. The summed E-state index contributed by atoms with van der Waals surface area (Å²) >= 11 is 1.29. The number of rotatable bonds is 5. The predicted octanol–water partition coefficient (Wildman–Crippen LogP) is 4.14. The second-order valence-corrected chi connectivity index (χ2v) is 5.95. The van der Waals surface area contributed by atoms with E-state index in [2.05, 4.69) is 10.3 Å². The Morgan fingerprint density at radius 1 is 1.25 bits per heavy atom. The molecule has 0 atom stereocenters. The van der Waals surface area contributed by atoms with E-state index in [9.17, 15) is 9.18 Å². The van der Waals surface area contributed by atoms with Crippen molar-refractivity contribution in [3.63, 3.8) is 0 Å². The lowest BCUT2D eigenvalue weighted by Crippen LogP contribution is -2.14. The highest BCUT2D eigenvalue weighted by atomic mass is 32.1. The molecule has 1 heterocycles. The Hall–Kier alpha value is -2.73. The lowest BCUT2D eigenvalue weighted by atomic mass is 10.1. The van der Waals surface area contributed by atoms with Crippen molar-refractivity contribution in [2.75, 3.05) is 12.4 Å². The van der Waals surface area contributed by atoms with E-state index >= 15 is 0 Å². The van der Waals surface area contributed by atoms with Crippen LogP contribution in [0.4, 0.5) is 9.52 Å². The van der Waals surface area contributed by atoms with Crippen molar-refractivity contribution >= 4 is 22.4 Å². The van der Waals surface area contributed by atoms with Crippen LogP contribution >= 0.6 is 11.3 Å². The highest BCUT2D eigenvalue weighted by Crippen LogP contribution is 2.32. The zero-order chi connectivity index (χ0) is 16.9. The first kappa shape index (κ1) is 16.1. The third-order valence-corrected chi connectivity index (χ3v) is 4.15. The summed E-state index contributed by atoms with van der Waals surface area (Å²) in [5.41, 5.74) is 2.04. The molecule has 0 aliphatic rings. The molecule has 0 radical (unpaired) electrons. The number of ether oxygens (including phenoxy) is 1. The van der Waals surface area contributed by atoms with Crippen LogP contribution in [0.5, 0.6) is 5.75 Å². The molecule has 0 aliphatic heterocycles. The molecule has 24 heavy (non-hydrogen) atoms. The van der Waals surface area contributed by atoms with Gasteiger partial charge < -0.3 is 10.1 Å². The summed E-state index contributed by atoms with van der Waals surface area (Å²) in [6.45, 7) is 0. The summed E-state index contributed by atoms with van der Waals surface area (Å²) in [5.74, 6) is 0.0191. The minimum atomic E-state index is -0.367. The number of halogens is 1. The van der Waals surface area contributed by atoms with Gasteiger partial charge in [-0.1, -0.05) is 30.3 Å². The largest absolute Gasteiger partial charge is 0.496 e. The van der Waals surface area contributed by atoms with Crippen molar-refractivity contribution in [3.8, 4) is 17.0 Å². The Morgan fingerprint density at radius 3 is 2.79 bits per heavy atom. The maximum atomic E-state index is 13.5. The van der Waals surface area contributed by atoms with E-state index in [1.807, 2.05) is 30.3 Å². The Labute approximate surface area is 142 Å². The summed E-state index contributed by atoms with van der Waals surface area (Å²) < 4.78 is 18.7. The Morgan fingerprint density at radius 2 is 2.04 bits per heavy atom. The lowest BCUT2D eigenvalue weighted by molar-refractivity contribution is -0.115. The van der Waals surface area contributed by atoms with E-state index in [1.54, 1.807) is 11.4 Å². The summed E-state index contributed by atoms with van der Waals surface area (Å²) in [5, 5.41) is 5.00. The van der Waals surface area contributed by atoms with Crippen LogP contribution in [0, 0.1) is 5.82 Å². The highest BCUT2D eigenvalue weighted by molar-refractivity contribution is 7.14. The normalized spacial score (nSPS) is 10.4. The van der Waals surface area contributed by atoms with Crippen LogP contribution in [0.2, 0.25) is 0 Å². The van der Waals surface area contributed by atoms with Gasteiger partial charge in [0.05, 0.1) is 19.2 Å². The number of aromatic nitrogens is 1. The number of carbonyl (C=O) groups excluding carboxylic acids is 1. The molecule has 0 unspecified atom stereocenters. The van der Waals surface area contributed by atoms with Gasteiger partial charge in [-0.3, -0.25) is 4.79 Å². The molecule has 3 rings (SSSR count). The molecule has 6 heteroatoms. The molecule has 0 bridgehead atoms. The summed E-state index contributed by atoms with van der Waals surface area (Å²) in [6.07, 6.45) is 0.277. The van der Waals surface area contributed by atoms with Crippen molar-refractivity contribution in [1.29, 1.82) is 0 Å². The standard InChI is InChI=1S/C18H15FN2O2S/c1-23-16-8-7-13(19)10-14(16)15-11-24-18(20-15)21-17(22)9-12-5-3-2-4-6-12/h2-8,10-11H,9H2,1H3,(H,20,21,22). The smallest absolute Gasteiger partial charge is 0.230 e. The second kappa shape index (κ2) is 7.23. The molecule has 4 nitrogen and oxygen atoms in total. The first-order valence-corrected chi connectivity index (χ1v) is 8.17. The van der Waals surface area contributed by atoms with Crippen LogP contribution in [0.1, 0.15) is 5.56 Å². The van der Waals surface area contributed by atoms with E-state index < -0.39 is 0 Å². The van der Waals surface area contributed by atoms with Crippen LogP contribution in [-0.2, 0) is 11.2 Å². The van der Waals surface area contributed by atoms with E-state index in [0.717, 1.165) is 5.56 Å². The van der Waals surface area contributed by atoms with Crippen LogP contribution in [0.3, 0.4) is 0 Å². The quantitative estimate of drug-likeness (QED) is 0.758. The van der Waals surface area contributed by atoms with Crippen LogP contribution in [-0.4, -0.2) is 18.0 Å². The first-order valence-electron chi connectivity index (χ1n) is 7.29. The van der Waals surface area contributed by atoms with Gasteiger partial charge >= 0.3 is 0 Å². The van der Waals surface area contributed by atoms with Gasteiger partial charge in [0.1, 0.15) is 11.6 Å². The molecule has 0 saturated carbocycles. The zero-order valence-corrected chi connectivity index (χ0v) is 13.8. The molecule has 1 aromatic heterocycles. The number of hydrogen-bond donors (Lipinski definition) is 1. The number of methoxy groups -OCH3 is 1. The average molecular weight is 342 g/mol. The fraction of sp³-hybridized carbons (Fsp3) is 0.111. The maximum Gasteiger partial charge on any atom is 0.230 e. The summed E-state index contributed by atoms with van der Waals surface area (Å²) in [6, 6.07) is 13.7. The van der Waals surface area contributed by atoms with E-state index in [1.165, 1.54) is 30.6 Å². The van der Waals surface area contributed by atoms with E-state index in [-0.39, 0.29) is 18.1 Å². The molecule has 1 amide bonds. The molecular weight excluding hydrogens is 327 g/mol. The lowest BCUT2D eigenvalue weighted by Gasteiger charge is -2.06. The van der Waals surface area contributed by atoms with Gasteiger partial charge in [0.15, 0.2) is 5.13 Å². The number of carbonyl (C=O) groups is 1. The minimum Gasteiger partial charge on any atom is -0.496 e. The van der Waals surface area contributed by atoms with Gasteiger partial charge in [0.25, 0.3) is 0 Å². The van der Waals surface area contributed by atoms with Crippen LogP contribution < -0.4 is 10.1 Å². The Kier molecular flexibility index (Phi) is 4.86. The molecule has 0 spiro atoms. The van der Waals surface area contributed by atoms with Crippen molar-refractivity contribution in [2.24, 2.45) is 0 Å². The fourth-order valence-corrected chi connectivity index (χ4v) is 3.01. The highest BCUT2D eigenvalue weighted by Gasteiger charge is 2.13. The fourth-order valence-electron chi connectivity index (χ4n) is 2.28. The van der Waals surface area contributed by atoms with Gasteiger partial charge in [-0.25, -0.2) is 9.37 Å². The topological polar surface area (TPSA) is 51.2 Å². The zero-order valence-electron chi connectivity index (χ0n) is 13.0. The molecule has 0 fully saturated rings. The average Bonchev–Trinajstić information content (AvgIpc) is 3.04. The Bertz CT molecular complexity index is 849. The van der Waals surface area contributed by atoms with E-state index in [4.69, 9.17) is 4.74 Å². The second-order valence-electron chi connectivity index (χ2n) is 5.09. The summed E-state index contributed by atoms with van der Waals surface area (Å²) in [7, 11) is 1.52. The van der Waals surface area contributed by atoms with Crippen molar-refractivity contribution in [1.82, 2.24) is 4.98 Å². The number of nitrogens with one attached hydrogen (secondary N) is 1. The van der Waals surface area contributed by atoms with Gasteiger partial charge in [0.2, 0.25) is 5.91 Å². The maximum absolute atomic E-state index is 13.5. The number of thiazole rings is 1. The molecule has 3 aromatic rings. The van der Waals surface area contributed by atoms with Crippen molar-refractivity contribution < 1.29 is 13.9 Å².